The molecule has 1 aromatic rings. The fourth-order valence-electron chi connectivity index (χ4n) is 2.37. The number of esters is 1. The van der Waals surface area contributed by atoms with Crippen LogP contribution in [0.4, 0.5) is 0 Å². The minimum Gasteiger partial charge on any atom is -0.459 e. The van der Waals surface area contributed by atoms with Crippen molar-refractivity contribution in [3.05, 3.63) is 32.6 Å². The van der Waals surface area contributed by atoms with Gasteiger partial charge in [-0.1, -0.05) is 19.8 Å². The first-order valence-corrected chi connectivity index (χ1v) is 7.62. The summed E-state index contributed by atoms with van der Waals surface area (Å²) in [5, 5.41) is 9.42. The Morgan fingerprint density at radius 3 is 2.83 bits per heavy atom. The van der Waals surface area contributed by atoms with E-state index in [9.17, 15) is 19.5 Å². The first kappa shape index (κ1) is 18.0. The Bertz CT molecular complexity index is 782. The van der Waals surface area contributed by atoms with Crippen LogP contribution in [-0.4, -0.2) is 39.4 Å². The quantitative estimate of drug-likeness (QED) is 0.580. The van der Waals surface area contributed by atoms with Crippen molar-refractivity contribution >= 4 is 5.97 Å². The molecule has 2 heterocycles. The van der Waals surface area contributed by atoms with Gasteiger partial charge in [-0.25, -0.2) is 4.79 Å². The summed E-state index contributed by atoms with van der Waals surface area (Å²) in [5.74, 6) is 4.48. The third-order valence-corrected chi connectivity index (χ3v) is 3.64. The molecule has 3 atom stereocenters. The molecule has 24 heavy (non-hydrogen) atoms. The zero-order valence-electron chi connectivity index (χ0n) is 13.7. The average molecular weight is 336 g/mol. The van der Waals surface area contributed by atoms with Crippen molar-refractivity contribution in [1.29, 1.82) is 0 Å². The number of nitrogens with zero attached hydrogens (tertiary/aromatic N) is 1. The van der Waals surface area contributed by atoms with Gasteiger partial charge in [0.2, 0.25) is 0 Å². The third kappa shape index (κ3) is 3.75. The summed E-state index contributed by atoms with van der Waals surface area (Å²) in [6.45, 7) is 4.62. The van der Waals surface area contributed by atoms with Crippen LogP contribution in [0.2, 0.25) is 0 Å². The lowest BCUT2D eigenvalue weighted by molar-refractivity contribution is -0.156. The number of aliphatic hydroxyl groups excluding tert-OH is 1. The van der Waals surface area contributed by atoms with E-state index in [2.05, 4.69) is 16.8 Å². The summed E-state index contributed by atoms with van der Waals surface area (Å²) in [6.07, 6.45) is -0.682. The number of hydrogen-bond acceptors (Lipinski definition) is 6. The number of aliphatic hydroxyl groups is 1. The number of nitrogens with one attached hydrogen (secondary N) is 1. The molecule has 0 aliphatic carbocycles. The van der Waals surface area contributed by atoms with Gasteiger partial charge in [0.15, 0.2) is 0 Å². The fourth-order valence-corrected chi connectivity index (χ4v) is 2.37. The van der Waals surface area contributed by atoms with Gasteiger partial charge < -0.3 is 14.6 Å². The number of rotatable bonds is 4. The van der Waals surface area contributed by atoms with Crippen molar-refractivity contribution in [3.8, 4) is 11.8 Å². The van der Waals surface area contributed by atoms with E-state index in [0.29, 0.717) is 0 Å². The minimum absolute atomic E-state index is 0.129. The number of carbonyl (C=O) groups is 1. The van der Waals surface area contributed by atoms with E-state index in [0.717, 1.165) is 0 Å². The highest BCUT2D eigenvalue weighted by atomic mass is 16.6. The van der Waals surface area contributed by atoms with Gasteiger partial charge in [0.05, 0.1) is 12.5 Å². The Kier molecular flexibility index (Phi) is 5.59. The zero-order valence-corrected chi connectivity index (χ0v) is 13.7. The molecule has 0 unspecified atom stereocenters. The van der Waals surface area contributed by atoms with Gasteiger partial charge in [0, 0.05) is 12.6 Å². The summed E-state index contributed by atoms with van der Waals surface area (Å²) in [5.41, 5.74) is -1.10. The molecule has 1 aliphatic heterocycles. The van der Waals surface area contributed by atoms with Gasteiger partial charge in [-0.15, -0.1) is 5.92 Å². The number of aromatic amines is 1. The Labute approximate surface area is 138 Å². The van der Waals surface area contributed by atoms with Gasteiger partial charge in [-0.2, -0.15) is 0 Å². The average Bonchev–Trinajstić information content (AvgIpc) is 2.92. The molecule has 8 nitrogen and oxygen atoms in total. The van der Waals surface area contributed by atoms with E-state index in [1.807, 2.05) is 0 Å². The van der Waals surface area contributed by atoms with Crippen LogP contribution in [0.25, 0.3) is 0 Å². The van der Waals surface area contributed by atoms with E-state index >= 15 is 0 Å². The number of H-pyrrole nitrogens is 1. The zero-order chi connectivity index (χ0) is 17.9. The minimum atomic E-state index is -0.770. The molecule has 130 valence electrons. The third-order valence-electron chi connectivity index (χ3n) is 3.64. The maximum Gasteiger partial charge on any atom is 0.330 e. The maximum atomic E-state index is 12.0. The number of hydrogen-bond donors (Lipinski definition) is 2. The highest BCUT2D eigenvalue weighted by Crippen LogP contribution is 2.30. The molecule has 0 bridgehead atoms. The van der Waals surface area contributed by atoms with Crippen molar-refractivity contribution < 1.29 is 19.4 Å². The Balaban J connectivity index is 2.29. The molecule has 0 spiro atoms. The molecule has 2 rings (SSSR count). The van der Waals surface area contributed by atoms with E-state index < -0.39 is 35.7 Å². The van der Waals surface area contributed by atoms with Gasteiger partial charge in [-0.05, 0) is 6.92 Å². The van der Waals surface area contributed by atoms with Crippen LogP contribution in [0.1, 0.15) is 39.0 Å². The van der Waals surface area contributed by atoms with Crippen LogP contribution in [0, 0.1) is 17.8 Å². The molecule has 1 aliphatic rings. The van der Waals surface area contributed by atoms with Crippen LogP contribution in [0.15, 0.2) is 15.8 Å². The van der Waals surface area contributed by atoms with Crippen LogP contribution >= 0.6 is 0 Å². The Morgan fingerprint density at radius 1 is 1.54 bits per heavy atom. The van der Waals surface area contributed by atoms with Crippen molar-refractivity contribution in [2.24, 2.45) is 5.92 Å². The summed E-state index contributed by atoms with van der Waals surface area (Å²) < 4.78 is 12.1. The van der Waals surface area contributed by atoms with Gasteiger partial charge in [0.1, 0.15) is 24.0 Å². The molecule has 0 aromatic carbocycles. The molecule has 0 radical (unpaired) electrons. The first-order chi connectivity index (χ1) is 11.4. The smallest absolute Gasteiger partial charge is 0.330 e. The summed E-state index contributed by atoms with van der Waals surface area (Å²) in [7, 11) is 0. The highest BCUT2D eigenvalue weighted by molar-refractivity contribution is 5.71. The lowest BCUT2D eigenvalue weighted by atomic mass is 10.1. The van der Waals surface area contributed by atoms with Gasteiger partial charge in [0.25, 0.3) is 5.56 Å². The van der Waals surface area contributed by atoms with Crippen LogP contribution in [0.5, 0.6) is 0 Å². The Hall–Kier alpha value is -2.37. The van der Waals surface area contributed by atoms with E-state index in [1.165, 1.54) is 10.8 Å². The van der Waals surface area contributed by atoms with Crippen molar-refractivity contribution in [1.82, 2.24) is 9.55 Å². The van der Waals surface area contributed by atoms with Gasteiger partial charge >= 0.3 is 11.7 Å². The van der Waals surface area contributed by atoms with Crippen LogP contribution in [0.3, 0.4) is 0 Å². The Morgan fingerprint density at radius 2 is 2.25 bits per heavy atom. The van der Waals surface area contributed by atoms with Gasteiger partial charge in [-0.3, -0.25) is 19.1 Å². The van der Waals surface area contributed by atoms with Crippen LogP contribution < -0.4 is 11.2 Å². The molecule has 1 aromatic heterocycles. The summed E-state index contributed by atoms with van der Waals surface area (Å²) >= 11 is 0. The maximum absolute atomic E-state index is 12.0. The number of aromatic nitrogens is 2. The summed E-state index contributed by atoms with van der Waals surface area (Å²) in [6, 6.07) is 0. The van der Waals surface area contributed by atoms with Crippen LogP contribution in [-0.2, 0) is 14.3 Å². The van der Waals surface area contributed by atoms with E-state index in [4.69, 9.17) is 9.47 Å². The van der Waals surface area contributed by atoms with Crippen molar-refractivity contribution in [2.75, 3.05) is 6.61 Å². The molecular formula is C16H20N2O6. The predicted molar refractivity (Wildman–Crippen MR) is 84.2 cm³/mol. The number of carbonyl (C=O) groups excluding carboxylic acids is 1. The normalized spacial score (nSPS) is 23.0. The van der Waals surface area contributed by atoms with E-state index in [1.54, 1.807) is 20.8 Å². The molecule has 8 heteroatoms. The molecule has 2 N–H and O–H groups in total. The first-order valence-electron chi connectivity index (χ1n) is 7.62. The molecular weight excluding hydrogens is 316 g/mol. The summed E-state index contributed by atoms with van der Waals surface area (Å²) in [4.78, 5) is 37.6. The molecule has 0 saturated carbocycles. The van der Waals surface area contributed by atoms with Crippen molar-refractivity contribution in [2.45, 2.75) is 45.6 Å². The lowest BCUT2D eigenvalue weighted by Gasteiger charge is -2.17. The predicted octanol–water partition coefficient (Wildman–Crippen LogP) is -0.244. The molecule has 0 amide bonds. The molecule has 1 saturated heterocycles. The largest absolute Gasteiger partial charge is 0.459 e. The SMILES string of the molecule is CC#Cc1cn([C@H]2C[C@H](OC(=O)C(C)C)[C@@H](CO)O2)c(=O)[nH]c1=O. The van der Waals surface area contributed by atoms with E-state index in [-0.39, 0.29) is 24.5 Å². The molecule has 1 fully saturated rings. The highest BCUT2D eigenvalue weighted by Gasteiger charge is 2.39. The standard InChI is InChI=1S/C16H20N2O6/c1-4-5-10-7-18(16(22)17-14(10)20)13-6-11(12(8-19)23-13)24-15(21)9(2)3/h7,9,11-13,19H,6,8H2,1-3H3,(H,17,20,22)/t11-,12+,13+/m0/s1. The lowest BCUT2D eigenvalue weighted by Crippen LogP contribution is -2.33. The second-order valence-electron chi connectivity index (χ2n) is 5.76. The fraction of sp³-hybridized carbons (Fsp3) is 0.562. The second-order valence-corrected chi connectivity index (χ2v) is 5.76. The number of ether oxygens (including phenoxy) is 2. The monoisotopic (exact) mass is 336 g/mol. The topological polar surface area (TPSA) is 111 Å². The second kappa shape index (κ2) is 7.47. The van der Waals surface area contributed by atoms with Crippen molar-refractivity contribution in [3.63, 3.8) is 0 Å².